The Kier molecular flexibility index (Phi) is 9.42. The van der Waals surface area contributed by atoms with Crippen molar-refractivity contribution in [3.63, 3.8) is 0 Å². The summed E-state index contributed by atoms with van der Waals surface area (Å²) >= 11 is 12.2. The minimum atomic E-state index is -1.15. The summed E-state index contributed by atoms with van der Waals surface area (Å²) in [6.45, 7) is 4.65. The molecule has 0 aliphatic carbocycles. The monoisotopic (exact) mass is 518 g/mol. The van der Waals surface area contributed by atoms with Gasteiger partial charge in [0.2, 0.25) is 0 Å². The molecule has 1 aromatic carbocycles. The van der Waals surface area contributed by atoms with Gasteiger partial charge in [0, 0.05) is 11.3 Å². The number of aromatic nitrogens is 1. The van der Waals surface area contributed by atoms with Gasteiger partial charge in [0.1, 0.15) is 23.6 Å². The average molecular weight is 520 g/mol. The number of hydrogen-bond acceptors (Lipinski definition) is 5. The van der Waals surface area contributed by atoms with Gasteiger partial charge in [0.25, 0.3) is 11.8 Å². The van der Waals surface area contributed by atoms with Crippen LogP contribution in [0.3, 0.4) is 0 Å². The van der Waals surface area contributed by atoms with Crippen molar-refractivity contribution in [3.8, 4) is 5.75 Å². The highest BCUT2D eigenvalue weighted by Crippen LogP contribution is 2.32. The van der Waals surface area contributed by atoms with E-state index in [0.29, 0.717) is 17.1 Å². The van der Waals surface area contributed by atoms with Gasteiger partial charge in [-0.25, -0.2) is 0 Å². The summed E-state index contributed by atoms with van der Waals surface area (Å²) in [6, 6.07) is 3.43. The lowest BCUT2D eigenvalue weighted by Crippen LogP contribution is -2.38. The fraction of sp³-hybridized carbons (Fsp3) is 0.381. The Morgan fingerprint density at radius 3 is 2.39 bits per heavy atom. The zero-order chi connectivity index (χ0) is 23.4. The number of carbonyl (C=O) groups is 3. The van der Waals surface area contributed by atoms with Crippen LogP contribution in [-0.2, 0) is 4.79 Å². The summed E-state index contributed by atoms with van der Waals surface area (Å²) in [5, 5.41) is 17.8. The number of carboxylic acids is 1. The molecule has 180 valence electrons. The smallest absolute Gasteiger partial charge is 0.325 e. The Morgan fingerprint density at radius 2 is 1.82 bits per heavy atom. The van der Waals surface area contributed by atoms with Crippen molar-refractivity contribution in [2.75, 3.05) is 18.4 Å². The van der Waals surface area contributed by atoms with Gasteiger partial charge in [0.15, 0.2) is 0 Å². The number of benzene rings is 1. The zero-order valence-electron chi connectivity index (χ0n) is 18.0. The number of piperidine rings is 1. The molecular formula is C21H25Cl3N4O5. The highest BCUT2D eigenvalue weighted by atomic mass is 35.5. The summed E-state index contributed by atoms with van der Waals surface area (Å²) in [4.78, 5) is 39.2. The molecule has 1 saturated heterocycles. The second-order valence-electron chi connectivity index (χ2n) is 7.52. The second kappa shape index (κ2) is 11.6. The summed E-state index contributed by atoms with van der Waals surface area (Å²) in [7, 11) is 0. The maximum absolute atomic E-state index is 12.8. The Bertz CT molecular complexity index is 1040. The van der Waals surface area contributed by atoms with Crippen molar-refractivity contribution in [1.82, 2.24) is 15.6 Å². The molecule has 1 aliphatic rings. The predicted molar refractivity (Wildman–Crippen MR) is 128 cm³/mol. The molecule has 2 aromatic rings. The van der Waals surface area contributed by atoms with Crippen LogP contribution < -0.4 is 20.7 Å². The number of aryl methyl sites for hydroxylation is 1. The maximum Gasteiger partial charge on any atom is 0.325 e. The third-order valence-corrected chi connectivity index (χ3v) is 6.02. The lowest BCUT2D eigenvalue weighted by molar-refractivity contribution is -0.138. The molecule has 2 heterocycles. The number of carbonyl (C=O) groups excluding carboxylic acids is 2. The SMILES string of the molecule is Cc1[nH]c(C(=O)Nc2ccc(C(=O)N[C@H](C)C(=O)O)cc2OC2CCNCC2)c(Cl)c1Cl.Cl. The van der Waals surface area contributed by atoms with E-state index >= 15 is 0 Å². The lowest BCUT2D eigenvalue weighted by Gasteiger charge is -2.25. The fourth-order valence-corrected chi connectivity index (χ4v) is 3.63. The molecule has 2 amide bonds. The van der Waals surface area contributed by atoms with E-state index in [4.69, 9.17) is 33.0 Å². The average Bonchev–Trinajstić information content (AvgIpc) is 3.02. The molecule has 0 spiro atoms. The third kappa shape index (κ3) is 6.54. The molecule has 33 heavy (non-hydrogen) atoms. The molecule has 1 fully saturated rings. The summed E-state index contributed by atoms with van der Waals surface area (Å²) < 4.78 is 6.11. The van der Waals surface area contributed by atoms with Crippen LogP contribution in [0.2, 0.25) is 10.0 Å². The molecule has 0 saturated carbocycles. The molecule has 0 radical (unpaired) electrons. The van der Waals surface area contributed by atoms with Crippen molar-refractivity contribution < 1.29 is 24.2 Å². The Morgan fingerprint density at radius 1 is 1.15 bits per heavy atom. The van der Waals surface area contributed by atoms with E-state index in [0.717, 1.165) is 25.9 Å². The molecule has 1 atom stereocenters. The molecule has 1 aromatic heterocycles. The van der Waals surface area contributed by atoms with Gasteiger partial charge in [-0.05, 0) is 58.0 Å². The quantitative estimate of drug-likeness (QED) is 0.379. The molecule has 12 heteroatoms. The van der Waals surface area contributed by atoms with Crippen LogP contribution in [0.15, 0.2) is 18.2 Å². The molecular weight excluding hydrogens is 495 g/mol. The Hall–Kier alpha value is -2.46. The first-order chi connectivity index (χ1) is 15.2. The number of ether oxygens (including phenoxy) is 1. The molecule has 3 rings (SSSR count). The van der Waals surface area contributed by atoms with Crippen LogP contribution in [-0.4, -0.2) is 53.1 Å². The first kappa shape index (κ1) is 26.8. The number of H-pyrrole nitrogens is 1. The number of halogens is 3. The van der Waals surface area contributed by atoms with Gasteiger partial charge < -0.3 is 30.8 Å². The number of amides is 2. The van der Waals surface area contributed by atoms with E-state index < -0.39 is 23.8 Å². The number of aliphatic carboxylic acids is 1. The number of nitrogens with one attached hydrogen (secondary N) is 4. The van der Waals surface area contributed by atoms with Crippen LogP contribution >= 0.6 is 35.6 Å². The highest BCUT2D eigenvalue weighted by molar-refractivity contribution is 6.44. The summed E-state index contributed by atoms with van der Waals surface area (Å²) in [6.07, 6.45) is 1.42. The number of carboxylic acid groups (broad SMARTS) is 1. The van der Waals surface area contributed by atoms with Crippen molar-refractivity contribution in [1.29, 1.82) is 0 Å². The van der Waals surface area contributed by atoms with Gasteiger partial charge in [-0.15, -0.1) is 12.4 Å². The number of hydrogen-bond donors (Lipinski definition) is 5. The molecule has 0 bridgehead atoms. The van der Waals surface area contributed by atoms with E-state index in [1.807, 2.05) is 0 Å². The second-order valence-corrected chi connectivity index (χ2v) is 8.27. The van der Waals surface area contributed by atoms with Gasteiger partial charge >= 0.3 is 5.97 Å². The molecule has 0 unspecified atom stereocenters. The van der Waals surface area contributed by atoms with Crippen molar-refractivity contribution in [2.45, 2.75) is 38.8 Å². The molecule has 9 nitrogen and oxygen atoms in total. The van der Waals surface area contributed by atoms with Crippen LogP contribution in [0, 0.1) is 6.92 Å². The van der Waals surface area contributed by atoms with Crippen LogP contribution in [0.1, 0.15) is 46.3 Å². The Labute approximate surface area is 207 Å². The van der Waals surface area contributed by atoms with Crippen molar-refractivity contribution in [2.24, 2.45) is 0 Å². The minimum absolute atomic E-state index is 0. The third-order valence-electron chi connectivity index (χ3n) is 5.07. The standard InChI is InChI=1S/C21H24Cl2N4O5.ClH/c1-10-16(22)17(23)18(25-10)20(29)27-14-4-3-12(19(28)26-11(2)21(30)31)9-15(14)32-13-5-7-24-8-6-13;/h3-4,9,11,13,24-25H,5-8H2,1-2H3,(H,26,28)(H,27,29)(H,30,31);1H/t11-;/m1./s1. The first-order valence-electron chi connectivity index (χ1n) is 10.1. The summed E-state index contributed by atoms with van der Waals surface area (Å²) in [5.41, 5.74) is 1.22. The van der Waals surface area contributed by atoms with E-state index in [2.05, 4.69) is 20.9 Å². The van der Waals surface area contributed by atoms with E-state index in [1.54, 1.807) is 6.92 Å². The van der Waals surface area contributed by atoms with Crippen LogP contribution in [0.25, 0.3) is 0 Å². The lowest BCUT2D eigenvalue weighted by atomic mass is 10.1. The van der Waals surface area contributed by atoms with Crippen LogP contribution in [0.5, 0.6) is 5.75 Å². The molecule has 5 N–H and O–H groups in total. The topological polar surface area (TPSA) is 133 Å². The Balaban J connectivity index is 0.00000385. The van der Waals surface area contributed by atoms with Crippen molar-refractivity contribution in [3.05, 3.63) is 45.2 Å². The fourth-order valence-electron chi connectivity index (χ4n) is 3.21. The van der Waals surface area contributed by atoms with Crippen molar-refractivity contribution >= 4 is 59.1 Å². The minimum Gasteiger partial charge on any atom is -0.488 e. The normalized spacial score (nSPS) is 14.7. The summed E-state index contributed by atoms with van der Waals surface area (Å²) in [5.74, 6) is -1.93. The van der Waals surface area contributed by atoms with Gasteiger partial charge in [0.05, 0.1) is 15.7 Å². The van der Waals surface area contributed by atoms with Gasteiger partial charge in [-0.3, -0.25) is 14.4 Å². The number of aromatic amines is 1. The molecule has 1 aliphatic heterocycles. The van der Waals surface area contributed by atoms with Gasteiger partial charge in [-0.1, -0.05) is 23.2 Å². The highest BCUT2D eigenvalue weighted by Gasteiger charge is 2.23. The first-order valence-corrected chi connectivity index (χ1v) is 10.8. The van der Waals surface area contributed by atoms with E-state index in [9.17, 15) is 14.4 Å². The number of anilines is 1. The predicted octanol–water partition coefficient (Wildman–Crippen LogP) is 3.64. The largest absolute Gasteiger partial charge is 0.488 e. The van der Waals surface area contributed by atoms with Crippen LogP contribution in [0.4, 0.5) is 5.69 Å². The maximum atomic E-state index is 12.8. The number of rotatable bonds is 7. The van der Waals surface area contributed by atoms with Gasteiger partial charge in [-0.2, -0.15) is 0 Å². The van der Waals surface area contributed by atoms with E-state index in [1.165, 1.54) is 25.1 Å². The van der Waals surface area contributed by atoms with E-state index in [-0.39, 0.29) is 39.8 Å². The zero-order valence-corrected chi connectivity index (χ0v) is 20.3.